The Morgan fingerprint density at radius 2 is 1.72 bits per heavy atom. The van der Waals surface area contributed by atoms with Crippen LogP contribution in [0.4, 0.5) is 5.69 Å². The predicted octanol–water partition coefficient (Wildman–Crippen LogP) is 2.99. The molecule has 1 aliphatic heterocycles. The number of nitrogens with one attached hydrogen (secondary N) is 1. The lowest BCUT2D eigenvalue weighted by atomic mass is 10.0. The number of sulfonamides is 1. The lowest BCUT2D eigenvalue weighted by Crippen LogP contribution is -2.47. The number of hydrogen-bond donors (Lipinski definition) is 1. The summed E-state index contributed by atoms with van der Waals surface area (Å²) in [5.41, 5.74) is 0.732. The van der Waals surface area contributed by atoms with Crippen molar-refractivity contribution in [2.45, 2.75) is 56.6 Å². The molecular formula is C23H26N4O4S. The summed E-state index contributed by atoms with van der Waals surface area (Å²) in [4.78, 5) is 29.4. The number of para-hydroxylation sites is 1. The van der Waals surface area contributed by atoms with Gasteiger partial charge in [-0.25, -0.2) is 13.4 Å². The van der Waals surface area contributed by atoms with Gasteiger partial charge in [-0.15, -0.1) is 0 Å². The maximum absolute atomic E-state index is 13.1. The molecule has 8 nitrogen and oxygen atoms in total. The number of rotatable bonds is 5. The van der Waals surface area contributed by atoms with Crippen LogP contribution < -0.4 is 10.9 Å². The Bertz CT molecular complexity index is 1290. The van der Waals surface area contributed by atoms with E-state index in [0.717, 1.165) is 19.3 Å². The fourth-order valence-electron chi connectivity index (χ4n) is 4.28. The fraction of sp³-hybridized carbons (Fsp3) is 0.348. The SMILES string of the molecule is C[C@@H]1CCC[C@@H](C)N1S(=O)(=O)c1ccc(NC(=O)Cn2cnc3ccccc3c2=O)cc1. The standard InChI is InChI=1S/C23H26N4O4S/c1-16-6-5-7-17(2)27(16)32(30,31)19-12-10-18(11-13-19)25-22(28)14-26-15-24-21-9-4-3-8-20(21)23(26)29/h3-4,8-13,15-17H,5-7,14H2,1-2H3,(H,25,28)/t16-,17-/m1/s1. The van der Waals surface area contributed by atoms with Gasteiger partial charge in [0.15, 0.2) is 0 Å². The third-order valence-electron chi connectivity index (χ3n) is 5.87. The molecule has 2 atom stereocenters. The molecule has 1 fully saturated rings. The molecule has 1 aliphatic rings. The van der Waals surface area contributed by atoms with Crippen LogP contribution in [0.5, 0.6) is 0 Å². The molecule has 32 heavy (non-hydrogen) atoms. The molecule has 0 spiro atoms. The van der Waals surface area contributed by atoms with Crippen molar-refractivity contribution < 1.29 is 13.2 Å². The van der Waals surface area contributed by atoms with Gasteiger partial charge in [0.25, 0.3) is 5.56 Å². The maximum atomic E-state index is 13.1. The van der Waals surface area contributed by atoms with Crippen molar-refractivity contribution in [1.82, 2.24) is 13.9 Å². The fourth-order valence-corrected chi connectivity index (χ4v) is 6.16. The molecule has 3 aromatic rings. The Morgan fingerprint density at radius 3 is 2.41 bits per heavy atom. The number of nitrogens with zero attached hydrogens (tertiary/aromatic N) is 3. The molecular weight excluding hydrogens is 428 g/mol. The van der Waals surface area contributed by atoms with E-state index in [0.29, 0.717) is 16.6 Å². The van der Waals surface area contributed by atoms with Gasteiger partial charge in [-0.2, -0.15) is 4.31 Å². The average molecular weight is 455 g/mol. The number of amides is 1. The zero-order valence-electron chi connectivity index (χ0n) is 18.1. The van der Waals surface area contributed by atoms with E-state index < -0.39 is 15.9 Å². The molecule has 2 heterocycles. The number of carbonyl (C=O) groups excluding carboxylic acids is 1. The summed E-state index contributed by atoms with van der Waals surface area (Å²) in [5, 5.41) is 3.15. The van der Waals surface area contributed by atoms with Gasteiger partial charge in [-0.3, -0.25) is 14.2 Å². The number of hydrogen-bond acceptors (Lipinski definition) is 5. The van der Waals surface area contributed by atoms with Crippen molar-refractivity contribution in [3.8, 4) is 0 Å². The van der Waals surface area contributed by atoms with Gasteiger partial charge in [0.05, 0.1) is 22.1 Å². The molecule has 0 saturated carbocycles. The summed E-state index contributed by atoms with van der Waals surface area (Å²) in [6.07, 6.45) is 4.07. The summed E-state index contributed by atoms with van der Waals surface area (Å²) in [7, 11) is -3.61. The number of carbonyl (C=O) groups is 1. The molecule has 2 aromatic carbocycles. The van der Waals surface area contributed by atoms with E-state index in [2.05, 4.69) is 10.3 Å². The zero-order chi connectivity index (χ0) is 22.9. The molecule has 1 saturated heterocycles. The Hall–Kier alpha value is -3.04. The third kappa shape index (κ3) is 4.31. The summed E-state index contributed by atoms with van der Waals surface area (Å²) in [5.74, 6) is -0.405. The second-order valence-electron chi connectivity index (χ2n) is 8.23. The van der Waals surface area contributed by atoms with Crippen LogP contribution in [0.15, 0.2) is 64.5 Å². The second kappa shape index (κ2) is 8.84. The van der Waals surface area contributed by atoms with E-state index in [1.165, 1.54) is 23.0 Å². The molecule has 168 valence electrons. The highest BCUT2D eigenvalue weighted by Crippen LogP contribution is 2.29. The molecule has 1 N–H and O–H groups in total. The third-order valence-corrected chi connectivity index (χ3v) is 8.01. The first-order valence-electron chi connectivity index (χ1n) is 10.6. The minimum absolute atomic E-state index is 0.0444. The van der Waals surface area contributed by atoms with Gasteiger partial charge >= 0.3 is 0 Å². The first kappa shape index (κ1) is 22.2. The van der Waals surface area contributed by atoms with E-state index in [4.69, 9.17) is 0 Å². The smallest absolute Gasteiger partial charge is 0.261 e. The topological polar surface area (TPSA) is 101 Å². The summed E-state index contributed by atoms with van der Waals surface area (Å²) >= 11 is 0. The van der Waals surface area contributed by atoms with Crippen LogP contribution in [0.2, 0.25) is 0 Å². The van der Waals surface area contributed by atoms with E-state index in [9.17, 15) is 18.0 Å². The molecule has 0 aliphatic carbocycles. The van der Waals surface area contributed by atoms with Crippen molar-refractivity contribution in [3.05, 3.63) is 65.2 Å². The quantitative estimate of drug-likeness (QED) is 0.639. The van der Waals surface area contributed by atoms with Crippen LogP contribution in [0.25, 0.3) is 10.9 Å². The first-order valence-corrected chi connectivity index (χ1v) is 12.1. The Morgan fingerprint density at radius 1 is 1.06 bits per heavy atom. The summed E-state index contributed by atoms with van der Waals surface area (Å²) < 4.78 is 29.1. The van der Waals surface area contributed by atoms with E-state index in [1.54, 1.807) is 40.7 Å². The lowest BCUT2D eigenvalue weighted by molar-refractivity contribution is -0.116. The van der Waals surface area contributed by atoms with Crippen molar-refractivity contribution in [2.24, 2.45) is 0 Å². The van der Waals surface area contributed by atoms with Gasteiger partial charge in [0.2, 0.25) is 15.9 Å². The molecule has 1 amide bonds. The highest BCUT2D eigenvalue weighted by Gasteiger charge is 2.35. The van der Waals surface area contributed by atoms with Crippen LogP contribution >= 0.6 is 0 Å². The molecule has 0 bridgehead atoms. The lowest BCUT2D eigenvalue weighted by Gasteiger charge is -2.37. The Labute approximate surface area is 186 Å². The molecule has 9 heteroatoms. The molecule has 4 rings (SSSR count). The van der Waals surface area contributed by atoms with Gasteiger partial charge in [0, 0.05) is 17.8 Å². The zero-order valence-corrected chi connectivity index (χ0v) is 18.9. The minimum atomic E-state index is -3.61. The van der Waals surface area contributed by atoms with Gasteiger partial charge in [-0.05, 0) is 63.1 Å². The number of benzene rings is 2. The van der Waals surface area contributed by atoms with Crippen LogP contribution in [-0.4, -0.2) is 40.3 Å². The summed E-state index contributed by atoms with van der Waals surface area (Å²) in [6, 6.07) is 13.0. The van der Waals surface area contributed by atoms with E-state index in [-0.39, 0.29) is 29.1 Å². The Kier molecular flexibility index (Phi) is 6.12. The average Bonchev–Trinajstić information content (AvgIpc) is 2.76. The Balaban J connectivity index is 1.47. The predicted molar refractivity (Wildman–Crippen MR) is 123 cm³/mol. The molecule has 1 aromatic heterocycles. The van der Waals surface area contributed by atoms with Crippen molar-refractivity contribution in [2.75, 3.05) is 5.32 Å². The number of aromatic nitrogens is 2. The van der Waals surface area contributed by atoms with Crippen LogP contribution in [0.3, 0.4) is 0 Å². The van der Waals surface area contributed by atoms with Crippen LogP contribution in [0, 0.1) is 0 Å². The van der Waals surface area contributed by atoms with E-state index >= 15 is 0 Å². The van der Waals surface area contributed by atoms with Crippen LogP contribution in [-0.2, 0) is 21.4 Å². The maximum Gasteiger partial charge on any atom is 0.261 e. The largest absolute Gasteiger partial charge is 0.325 e. The van der Waals surface area contributed by atoms with Crippen molar-refractivity contribution >= 4 is 32.5 Å². The number of fused-ring (bicyclic) bond motifs is 1. The monoisotopic (exact) mass is 454 g/mol. The highest BCUT2D eigenvalue weighted by molar-refractivity contribution is 7.89. The van der Waals surface area contributed by atoms with Crippen LogP contribution in [0.1, 0.15) is 33.1 Å². The minimum Gasteiger partial charge on any atom is -0.325 e. The van der Waals surface area contributed by atoms with E-state index in [1.807, 2.05) is 13.8 Å². The van der Waals surface area contributed by atoms with Gasteiger partial charge in [-0.1, -0.05) is 18.6 Å². The summed E-state index contributed by atoms with van der Waals surface area (Å²) in [6.45, 7) is 3.68. The number of anilines is 1. The first-order chi connectivity index (χ1) is 15.3. The number of piperidine rings is 1. The van der Waals surface area contributed by atoms with Gasteiger partial charge < -0.3 is 5.32 Å². The van der Waals surface area contributed by atoms with Crippen molar-refractivity contribution in [1.29, 1.82) is 0 Å². The van der Waals surface area contributed by atoms with Crippen molar-refractivity contribution in [3.63, 3.8) is 0 Å². The second-order valence-corrected chi connectivity index (χ2v) is 10.1. The highest BCUT2D eigenvalue weighted by atomic mass is 32.2. The van der Waals surface area contributed by atoms with Gasteiger partial charge in [0.1, 0.15) is 6.54 Å². The molecule has 0 unspecified atom stereocenters. The normalized spacial score (nSPS) is 19.7. The molecule has 0 radical (unpaired) electrons.